The molecule has 108 valence electrons. The number of H-pyrrole nitrogens is 1. The number of aryl methyl sites for hydroxylation is 2. The molecule has 2 aromatic rings. The van der Waals surface area contributed by atoms with E-state index in [-0.39, 0.29) is 0 Å². The van der Waals surface area contributed by atoms with Crippen molar-refractivity contribution in [2.75, 3.05) is 13.1 Å². The van der Waals surface area contributed by atoms with E-state index in [0.717, 1.165) is 25.3 Å². The van der Waals surface area contributed by atoms with Gasteiger partial charge in [0.05, 0.1) is 5.69 Å². The molecule has 0 saturated carbocycles. The first-order valence-electron chi connectivity index (χ1n) is 7.51. The van der Waals surface area contributed by atoms with E-state index in [1.165, 1.54) is 30.6 Å². The van der Waals surface area contributed by atoms with Crippen molar-refractivity contribution in [2.45, 2.75) is 45.7 Å². The van der Waals surface area contributed by atoms with E-state index in [0.29, 0.717) is 5.92 Å². The summed E-state index contributed by atoms with van der Waals surface area (Å²) in [7, 11) is 0. The van der Waals surface area contributed by atoms with Crippen molar-refractivity contribution in [3.63, 3.8) is 0 Å². The van der Waals surface area contributed by atoms with Crippen molar-refractivity contribution in [1.29, 1.82) is 0 Å². The van der Waals surface area contributed by atoms with Crippen molar-refractivity contribution in [3.8, 4) is 0 Å². The number of nitrogens with one attached hydrogen (secondary N) is 1. The summed E-state index contributed by atoms with van der Waals surface area (Å²) in [5.74, 6) is 0.591. The van der Waals surface area contributed by atoms with Crippen LogP contribution in [0.2, 0.25) is 0 Å². The van der Waals surface area contributed by atoms with Crippen LogP contribution in [0, 0.1) is 6.92 Å². The predicted octanol–water partition coefficient (Wildman–Crippen LogP) is 2.31. The number of aromatic amines is 1. The second-order valence-electron chi connectivity index (χ2n) is 5.68. The summed E-state index contributed by atoms with van der Waals surface area (Å²) in [6, 6.07) is 2.11. The van der Waals surface area contributed by atoms with E-state index >= 15 is 0 Å². The van der Waals surface area contributed by atoms with Crippen LogP contribution in [0.3, 0.4) is 0 Å². The molecular formula is C15H23N5. The highest BCUT2D eigenvalue weighted by atomic mass is 15.3. The molecule has 3 rings (SSSR count). The van der Waals surface area contributed by atoms with Crippen LogP contribution < -0.4 is 0 Å². The van der Waals surface area contributed by atoms with E-state index in [4.69, 9.17) is 0 Å². The number of hydrogen-bond donors (Lipinski definition) is 1. The van der Waals surface area contributed by atoms with Crippen molar-refractivity contribution in [2.24, 2.45) is 0 Å². The molecule has 1 saturated heterocycles. The third-order valence-electron chi connectivity index (χ3n) is 4.23. The van der Waals surface area contributed by atoms with Gasteiger partial charge < -0.3 is 0 Å². The molecule has 5 nitrogen and oxygen atoms in total. The van der Waals surface area contributed by atoms with E-state index < -0.39 is 0 Å². The Hall–Kier alpha value is -1.62. The molecule has 2 aromatic heterocycles. The van der Waals surface area contributed by atoms with Gasteiger partial charge in [-0.05, 0) is 39.3 Å². The molecule has 1 aliphatic heterocycles. The largest absolute Gasteiger partial charge is 0.298 e. The zero-order valence-corrected chi connectivity index (χ0v) is 12.3. The normalized spacial score (nSPS) is 20.4. The summed E-state index contributed by atoms with van der Waals surface area (Å²) >= 11 is 0. The Morgan fingerprint density at radius 2 is 2.35 bits per heavy atom. The first-order valence-corrected chi connectivity index (χ1v) is 7.51. The van der Waals surface area contributed by atoms with Gasteiger partial charge in [-0.2, -0.15) is 10.2 Å². The maximum atomic E-state index is 4.54. The van der Waals surface area contributed by atoms with Crippen molar-refractivity contribution in [3.05, 3.63) is 35.4 Å². The molecule has 1 fully saturated rings. The summed E-state index contributed by atoms with van der Waals surface area (Å²) in [5, 5.41) is 11.7. The molecule has 1 aliphatic rings. The Morgan fingerprint density at radius 1 is 1.45 bits per heavy atom. The minimum absolute atomic E-state index is 0.591. The van der Waals surface area contributed by atoms with Gasteiger partial charge in [-0.25, -0.2) is 0 Å². The maximum absolute atomic E-state index is 4.54. The summed E-state index contributed by atoms with van der Waals surface area (Å²) in [5.41, 5.74) is 3.79. The molecular weight excluding hydrogens is 250 g/mol. The molecule has 0 unspecified atom stereocenters. The smallest absolute Gasteiger partial charge is 0.0638 e. The fourth-order valence-corrected chi connectivity index (χ4v) is 3.06. The SMILES string of the molecule is CCn1cc(CN2CCC[C@H](c3ccn[nH]3)C2)c(C)n1. The van der Waals surface area contributed by atoms with Crippen molar-refractivity contribution in [1.82, 2.24) is 24.9 Å². The zero-order chi connectivity index (χ0) is 13.9. The van der Waals surface area contributed by atoms with Crippen LogP contribution in [0.5, 0.6) is 0 Å². The van der Waals surface area contributed by atoms with E-state index in [1.807, 2.05) is 10.9 Å². The lowest BCUT2D eigenvalue weighted by atomic mass is 9.94. The molecule has 5 heteroatoms. The quantitative estimate of drug-likeness (QED) is 0.930. The molecule has 20 heavy (non-hydrogen) atoms. The third kappa shape index (κ3) is 2.77. The highest BCUT2D eigenvalue weighted by Gasteiger charge is 2.23. The van der Waals surface area contributed by atoms with Crippen molar-refractivity contribution >= 4 is 0 Å². The summed E-state index contributed by atoms with van der Waals surface area (Å²) in [4.78, 5) is 2.54. The Bertz CT molecular complexity index is 543. The number of piperidine rings is 1. The van der Waals surface area contributed by atoms with E-state index in [2.05, 4.69) is 46.3 Å². The summed E-state index contributed by atoms with van der Waals surface area (Å²) in [6.45, 7) is 8.48. The van der Waals surface area contributed by atoms with Gasteiger partial charge in [-0.15, -0.1) is 0 Å². The first-order chi connectivity index (χ1) is 9.76. The van der Waals surface area contributed by atoms with Crippen molar-refractivity contribution < 1.29 is 0 Å². The van der Waals surface area contributed by atoms with Gasteiger partial charge in [-0.3, -0.25) is 14.7 Å². The lowest BCUT2D eigenvalue weighted by Crippen LogP contribution is -2.34. The molecule has 0 aromatic carbocycles. The van der Waals surface area contributed by atoms with Gasteiger partial charge in [0.2, 0.25) is 0 Å². The second-order valence-corrected chi connectivity index (χ2v) is 5.68. The Kier molecular flexibility index (Phi) is 3.87. The van der Waals surface area contributed by atoms with Crippen LogP contribution in [0.4, 0.5) is 0 Å². The standard InChI is InChI=1S/C15H23N5/c1-3-20-11-14(12(2)18-20)10-19-8-4-5-13(9-19)15-6-7-16-17-15/h6-7,11,13H,3-5,8-10H2,1-2H3,(H,16,17)/t13-/m0/s1. The lowest BCUT2D eigenvalue weighted by Gasteiger charge is -2.32. The van der Waals surface area contributed by atoms with Gasteiger partial charge in [0.15, 0.2) is 0 Å². The van der Waals surface area contributed by atoms with Crippen LogP contribution >= 0.6 is 0 Å². The summed E-state index contributed by atoms with van der Waals surface area (Å²) in [6.07, 6.45) is 6.55. The Morgan fingerprint density at radius 3 is 3.05 bits per heavy atom. The number of rotatable bonds is 4. The van der Waals surface area contributed by atoms with Gasteiger partial charge in [0.1, 0.15) is 0 Å². The van der Waals surface area contributed by atoms with Crippen LogP contribution in [0.1, 0.15) is 42.6 Å². The average molecular weight is 273 g/mol. The highest BCUT2D eigenvalue weighted by molar-refractivity contribution is 5.16. The number of nitrogens with zero attached hydrogens (tertiary/aromatic N) is 4. The van der Waals surface area contributed by atoms with Gasteiger partial charge in [0.25, 0.3) is 0 Å². The molecule has 1 N–H and O–H groups in total. The second kappa shape index (κ2) is 5.79. The number of aromatic nitrogens is 4. The maximum Gasteiger partial charge on any atom is 0.0638 e. The minimum Gasteiger partial charge on any atom is -0.298 e. The highest BCUT2D eigenvalue weighted by Crippen LogP contribution is 2.26. The van der Waals surface area contributed by atoms with Crippen LogP contribution in [0.25, 0.3) is 0 Å². The van der Waals surface area contributed by atoms with E-state index in [1.54, 1.807) is 0 Å². The van der Waals surface area contributed by atoms with Gasteiger partial charge in [-0.1, -0.05) is 0 Å². The fraction of sp³-hybridized carbons (Fsp3) is 0.600. The average Bonchev–Trinajstić information content (AvgIpc) is 3.10. The molecule has 0 spiro atoms. The Balaban J connectivity index is 1.66. The van der Waals surface area contributed by atoms with Crippen LogP contribution in [-0.4, -0.2) is 38.0 Å². The molecule has 3 heterocycles. The van der Waals surface area contributed by atoms with Gasteiger partial charge >= 0.3 is 0 Å². The monoisotopic (exact) mass is 273 g/mol. The third-order valence-corrected chi connectivity index (χ3v) is 4.23. The molecule has 1 atom stereocenters. The number of likely N-dealkylation sites (tertiary alicyclic amines) is 1. The predicted molar refractivity (Wildman–Crippen MR) is 78.5 cm³/mol. The molecule has 0 amide bonds. The van der Waals surface area contributed by atoms with Gasteiger partial charge in [0, 0.05) is 49.2 Å². The Labute approximate surface area is 120 Å². The van der Waals surface area contributed by atoms with Crippen LogP contribution in [0.15, 0.2) is 18.5 Å². The lowest BCUT2D eigenvalue weighted by molar-refractivity contribution is 0.198. The van der Waals surface area contributed by atoms with E-state index in [9.17, 15) is 0 Å². The fourth-order valence-electron chi connectivity index (χ4n) is 3.06. The van der Waals surface area contributed by atoms with Crippen LogP contribution in [-0.2, 0) is 13.1 Å². The zero-order valence-electron chi connectivity index (χ0n) is 12.3. The minimum atomic E-state index is 0.591. The molecule has 0 aliphatic carbocycles. The number of hydrogen-bond acceptors (Lipinski definition) is 3. The molecule has 0 radical (unpaired) electrons. The summed E-state index contributed by atoms with van der Waals surface area (Å²) < 4.78 is 2.03. The molecule has 0 bridgehead atoms. The topological polar surface area (TPSA) is 49.7 Å². The first kappa shape index (κ1) is 13.4.